The van der Waals surface area contributed by atoms with Gasteiger partial charge in [-0.2, -0.15) is 52.7 Å². The first-order valence-corrected chi connectivity index (χ1v) is 16.8. The molecule has 0 N–H and O–H groups in total. The Balaban J connectivity index is 1.09. The van der Waals surface area contributed by atoms with Crippen molar-refractivity contribution >= 4 is 11.6 Å². The van der Waals surface area contributed by atoms with Crippen LogP contribution >= 0.6 is 0 Å². The number of carbonyl (C=O) groups is 2. The second kappa shape index (κ2) is 11.7. The molecule has 0 spiro atoms. The van der Waals surface area contributed by atoms with Crippen LogP contribution in [0, 0.1) is 47.3 Å². The van der Waals surface area contributed by atoms with Gasteiger partial charge in [0.25, 0.3) is 0 Å². The van der Waals surface area contributed by atoms with Crippen molar-refractivity contribution in [2.75, 3.05) is 0 Å². The molecule has 10 atom stereocenters. The van der Waals surface area contributed by atoms with Gasteiger partial charge in [-0.1, -0.05) is 0 Å². The summed E-state index contributed by atoms with van der Waals surface area (Å²) in [6.45, 7) is 0. The van der Waals surface area contributed by atoms with E-state index in [0.717, 1.165) is 24.3 Å². The Morgan fingerprint density at radius 1 is 0.380 bits per heavy atom. The van der Waals surface area contributed by atoms with Crippen molar-refractivity contribution in [2.45, 2.75) is 87.9 Å². The second-order valence-electron chi connectivity index (χ2n) is 15.1. The third-order valence-corrected chi connectivity index (χ3v) is 12.6. The number of alkyl halides is 12. The molecule has 5 aliphatic rings. The molecule has 10 unspecified atom stereocenters. The number of hydrogen-bond donors (Lipinski definition) is 0. The van der Waals surface area contributed by atoms with Gasteiger partial charge in [0, 0.05) is 23.7 Å². The lowest BCUT2D eigenvalue weighted by Gasteiger charge is -2.40. The van der Waals surface area contributed by atoms with Crippen LogP contribution in [0.3, 0.4) is 0 Å². The lowest BCUT2D eigenvalue weighted by Crippen LogP contribution is -2.35. The van der Waals surface area contributed by atoms with Crippen LogP contribution in [0.2, 0.25) is 0 Å². The Morgan fingerprint density at radius 2 is 0.660 bits per heavy atom. The number of hydrogen-bond acceptors (Lipinski definition) is 2. The molecule has 14 heteroatoms. The fourth-order valence-electron chi connectivity index (χ4n) is 10.5. The molecule has 2 nitrogen and oxygen atoms in total. The molecule has 5 fully saturated rings. The zero-order valence-electron chi connectivity index (χ0n) is 26.2. The molecular formula is C36H32F12O2. The van der Waals surface area contributed by atoms with Gasteiger partial charge in [0.05, 0.1) is 22.3 Å². The predicted molar refractivity (Wildman–Crippen MR) is 153 cm³/mol. The van der Waals surface area contributed by atoms with E-state index in [9.17, 15) is 62.3 Å². The molecule has 0 amide bonds. The maximum absolute atomic E-state index is 13.9. The van der Waals surface area contributed by atoms with Crippen LogP contribution in [-0.2, 0) is 34.3 Å². The Labute approximate surface area is 279 Å². The van der Waals surface area contributed by atoms with Crippen LogP contribution in [0.1, 0.15) is 96.6 Å². The molecule has 272 valence electrons. The highest BCUT2D eigenvalue weighted by Crippen LogP contribution is 2.63. The van der Waals surface area contributed by atoms with Crippen molar-refractivity contribution in [2.24, 2.45) is 47.3 Å². The first-order chi connectivity index (χ1) is 23.1. The van der Waals surface area contributed by atoms with E-state index in [1.165, 1.54) is 0 Å². The van der Waals surface area contributed by atoms with Gasteiger partial charge in [-0.3, -0.25) is 9.59 Å². The van der Waals surface area contributed by atoms with Crippen LogP contribution in [0.15, 0.2) is 36.4 Å². The van der Waals surface area contributed by atoms with Crippen LogP contribution < -0.4 is 0 Å². The predicted octanol–water partition coefficient (Wildman–Crippen LogP) is 10.9. The number of benzene rings is 2. The van der Waals surface area contributed by atoms with Crippen molar-refractivity contribution < 1.29 is 62.3 Å². The second-order valence-corrected chi connectivity index (χ2v) is 15.1. The number of rotatable bonds is 2. The van der Waals surface area contributed by atoms with E-state index in [0.29, 0.717) is 25.7 Å². The van der Waals surface area contributed by atoms with Crippen molar-refractivity contribution in [1.29, 1.82) is 0 Å². The highest BCUT2D eigenvalue weighted by Gasteiger charge is 2.61. The summed E-state index contributed by atoms with van der Waals surface area (Å²) >= 11 is 0. The van der Waals surface area contributed by atoms with E-state index in [-0.39, 0.29) is 84.2 Å². The van der Waals surface area contributed by atoms with Gasteiger partial charge in [-0.25, -0.2) is 0 Å². The largest absolute Gasteiger partial charge is 0.416 e. The molecule has 7 rings (SSSR count). The summed E-state index contributed by atoms with van der Waals surface area (Å²) in [6.07, 6.45) is -17.6. The van der Waals surface area contributed by atoms with Crippen LogP contribution in [0.25, 0.3) is 0 Å². The van der Waals surface area contributed by atoms with Gasteiger partial charge in [-0.15, -0.1) is 0 Å². The lowest BCUT2D eigenvalue weighted by atomic mass is 9.63. The number of fused-ring (bicyclic) bond motifs is 6. The Hall–Kier alpha value is -3.06. The molecule has 5 aliphatic carbocycles. The van der Waals surface area contributed by atoms with Gasteiger partial charge >= 0.3 is 24.7 Å². The minimum atomic E-state index is -4.99. The summed E-state index contributed by atoms with van der Waals surface area (Å²) in [4.78, 5) is 27.7. The van der Waals surface area contributed by atoms with E-state index in [2.05, 4.69) is 0 Å². The topological polar surface area (TPSA) is 34.1 Å². The SMILES string of the molecule is O=C1C2CC(c3cc(C(F)(F)F)cc(C(F)(F)F)c3)CCC2C2CC3C(=O)C4CC(c5cc(C(F)(F)F)cc(C(F)(F)F)c5)CCC4C3CC12. The molecule has 50 heavy (non-hydrogen) atoms. The maximum Gasteiger partial charge on any atom is 0.416 e. The molecule has 2 aromatic rings. The molecule has 0 bridgehead atoms. The lowest BCUT2D eigenvalue weighted by molar-refractivity contribution is -0.144. The summed E-state index contributed by atoms with van der Waals surface area (Å²) in [5.41, 5.74) is -5.83. The molecule has 0 aromatic heterocycles. The van der Waals surface area contributed by atoms with Crippen molar-refractivity contribution in [3.63, 3.8) is 0 Å². The van der Waals surface area contributed by atoms with E-state index >= 15 is 0 Å². The maximum atomic E-state index is 13.9. The number of ketones is 2. The summed E-state index contributed by atoms with van der Waals surface area (Å²) in [6, 6.07) is 3.09. The van der Waals surface area contributed by atoms with Crippen molar-refractivity contribution in [3.8, 4) is 0 Å². The Bertz CT molecular complexity index is 1500. The van der Waals surface area contributed by atoms with Crippen LogP contribution in [-0.4, -0.2) is 11.6 Å². The van der Waals surface area contributed by atoms with Gasteiger partial charge < -0.3 is 0 Å². The number of Topliss-reactive ketones (excluding diaryl/α,β-unsaturated/α-hetero) is 2. The zero-order valence-corrected chi connectivity index (χ0v) is 26.2. The Morgan fingerprint density at radius 3 is 0.940 bits per heavy atom. The highest BCUT2D eigenvalue weighted by molar-refractivity contribution is 5.90. The van der Waals surface area contributed by atoms with E-state index in [1.807, 2.05) is 0 Å². The van der Waals surface area contributed by atoms with Gasteiger partial charge in [-0.05, 0) is 134 Å². The van der Waals surface area contributed by atoms with E-state index in [1.54, 1.807) is 0 Å². The zero-order chi connectivity index (χ0) is 36.3. The average Bonchev–Trinajstić information content (AvgIpc) is 3.47. The third kappa shape index (κ3) is 6.13. The monoisotopic (exact) mass is 724 g/mol. The first-order valence-electron chi connectivity index (χ1n) is 16.8. The van der Waals surface area contributed by atoms with E-state index in [4.69, 9.17) is 0 Å². The molecule has 5 saturated carbocycles. The first kappa shape index (κ1) is 35.3. The molecule has 0 aliphatic heterocycles. The third-order valence-electron chi connectivity index (χ3n) is 12.6. The summed E-state index contributed by atoms with van der Waals surface area (Å²) < 4.78 is 162. The molecule has 0 radical (unpaired) electrons. The average molecular weight is 725 g/mol. The molecule has 0 heterocycles. The minimum absolute atomic E-state index is 0.0836. The minimum Gasteiger partial charge on any atom is -0.299 e. The quantitative estimate of drug-likeness (QED) is 0.289. The van der Waals surface area contributed by atoms with Crippen LogP contribution in [0.4, 0.5) is 52.7 Å². The van der Waals surface area contributed by atoms with Gasteiger partial charge in [0.1, 0.15) is 11.6 Å². The standard InChI is InChI=1S/C36H32F12O2/c37-33(38,39)19-5-17(6-20(11-19)34(40,41)42)15-1-3-23-25-13-30-26(14-29(25)31(49)27(23)9-15)24-4-2-16(10-28(24)32(30)50)18-7-21(35(43,44)45)12-22(8-18)36(46,47)48/h5-8,11-12,15-16,23-30H,1-4,9-10,13-14H2. The highest BCUT2D eigenvalue weighted by atomic mass is 19.4. The summed E-state index contributed by atoms with van der Waals surface area (Å²) in [7, 11) is 0. The van der Waals surface area contributed by atoms with Gasteiger partial charge in [0.2, 0.25) is 0 Å². The van der Waals surface area contributed by atoms with Gasteiger partial charge in [0.15, 0.2) is 0 Å². The molecular weight excluding hydrogens is 692 g/mol. The fourth-order valence-corrected chi connectivity index (χ4v) is 10.5. The van der Waals surface area contributed by atoms with Crippen molar-refractivity contribution in [3.05, 3.63) is 69.8 Å². The van der Waals surface area contributed by atoms with E-state index < -0.39 is 82.5 Å². The molecule has 2 aromatic carbocycles. The number of halogens is 12. The Kier molecular flexibility index (Phi) is 8.29. The van der Waals surface area contributed by atoms with Crippen LogP contribution in [0.5, 0.6) is 0 Å². The van der Waals surface area contributed by atoms with Crippen molar-refractivity contribution in [1.82, 2.24) is 0 Å². The smallest absolute Gasteiger partial charge is 0.299 e. The normalized spacial score (nSPS) is 34.6. The summed E-state index contributed by atoms with van der Waals surface area (Å²) in [5, 5.41) is 0. The fraction of sp³-hybridized carbons (Fsp3) is 0.611. The summed E-state index contributed by atoms with van der Waals surface area (Å²) in [5.74, 6) is -4.19. The molecule has 0 saturated heterocycles. The number of carbonyl (C=O) groups excluding carboxylic acids is 2.